The van der Waals surface area contributed by atoms with Gasteiger partial charge in [0.05, 0.1) is 17.6 Å². The van der Waals surface area contributed by atoms with E-state index in [-0.39, 0.29) is 17.7 Å². The molecule has 0 spiro atoms. The van der Waals surface area contributed by atoms with Crippen molar-refractivity contribution in [1.29, 1.82) is 0 Å². The third-order valence-electron chi connectivity index (χ3n) is 5.14. The molecule has 3 N–H and O–H groups in total. The summed E-state index contributed by atoms with van der Waals surface area (Å²) in [6, 6.07) is 8.09. The zero-order chi connectivity index (χ0) is 18.5. The predicted octanol–water partition coefficient (Wildman–Crippen LogP) is 0.819. The smallest absolute Gasteiger partial charge is 0.234 e. The second-order valence-electron chi connectivity index (χ2n) is 6.98. The van der Waals surface area contributed by atoms with E-state index in [2.05, 4.69) is 25.8 Å². The summed E-state index contributed by atoms with van der Waals surface area (Å²) in [6.45, 7) is 2.53. The third kappa shape index (κ3) is 4.40. The summed E-state index contributed by atoms with van der Waals surface area (Å²) in [5.41, 5.74) is 7.47. The van der Waals surface area contributed by atoms with Crippen LogP contribution in [-0.4, -0.2) is 52.4 Å². The van der Waals surface area contributed by atoms with E-state index in [0.29, 0.717) is 13.1 Å². The Hall–Kier alpha value is -2.41. The number of para-hydroxylation sites is 2. The molecule has 7 nitrogen and oxygen atoms in total. The molecule has 0 aliphatic carbocycles. The van der Waals surface area contributed by atoms with E-state index in [9.17, 15) is 9.59 Å². The number of piperidine rings is 1. The van der Waals surface area contributed by atoms with Crippen LogP contribution >= 0.6 is 0 Å². The summed E-state index contributed by atoms with van der Waals surface area (Å²) in [5, 5.41) is 2.98. The number of hydrogen-bond donors (Lipinski definition) is 2. The first kappa shape index (κ1) is 18.4. The van der Waals surface area contributed by atoms with Crippen molar-refractivity contribution < 1.29 is 9.59 Å². The second-order valence-corrected chi connectivity index (χ2v) is 6.98. The second kappa shape index (κ2) is 8.31. The number of imidazole rings is 1. The Balaban J connectivity index is 1.37. The highest BCUT2D eigenvalue weighted by atomic mass is 16.2. The average Bonchev–Trinajstić information content (AvgIpc) is 2.95. The molecule has 1 saturated heterocycles. The van der Waals surface area contributed by atoms with E-state index in [1.165, 1.54) is 0 Å². The van der Waals surface area contributed by atoms with Crippen molar-refractivity contribution >= 4 is 22.8 Å². The lowest BCUT2D eigenvalue weighted by Gasteiger charge is -2.29. The number of fused-ring (bicyclic) bond motifs is 1. The van der Waals surface area contributed by atoms with Gasteiger partial charge < -0.3 is 15.6 Å². The van der Waals surface area contributed by atoms with Gasteiger partial charge in [0.2, 0.25) is 11.8 Å². The summed E-state index contributed by atoms with van der Waals surface area (Å²) in [7, 11) is 2.03. The number of nitrogens with zero attached hydrogens (tertiary/aromatic N) is 3. The lowest BCUT2D eigenvalue weighted by atomic mass is 9.96. The van der Waals surface area contributed by atoms with Crippen molar-refractivity contribution in [1.82, 2.24) is 19.8 Å². The Bertz CT molecular complexity index is 777. The van der Waals surface area contributed by atoms with Gasteiger partial charge in [0.1, 0.15) is 5.82 Å². The summed E-state index contributed by atoms with van der Waals surface area (Å²) >= 11 is 0. The fourth-order valence-electron chi connectivity index (χ4n) is 3.53. The van der Waals surface area contributed by atoms with Crippen LogP contribution in [0.5, 0.6) is 0 Å². The van der Waals surface area contributed by atoms with Gasteiger partial charge in [-0.25, -0.2) is 4.98 Å². The number of likely N-dealkylation sites (tertiary alicyclic amines) is 1. The number of aryl methyl sites for hydroxylation is 2. The molecule has 1 aromatic heterocycles. The fraction of sp³-hybridized carbons (Fsp3) is 0.526. The number of rotatable bonds is 7. The molecule has 0 unspecified atom stereocenters. The lowest BCUT2D eigenvalue weighted by Crippen LogP contribution is -2.43. The number of nitrogens with two attached hydrogens (primary N) is 1. The van der Waals surface area contributed by atoms with Crippen LogP contribution in [0.1, 0.15) is 25.1 Å². The van der Waals surface area contributed by atoms with Crippen LogP contribution in [0.2, 0.25) is 0 Å². The van der Waals surface area contributed by atoms with Gasteiger partial charge in [0.25, 0.3) is 0 Å². The SMILES string of the molecule is Cn1c(CCCNC(=O)CN2CCC(C(N)=O)CC2)nc2ccccc21. The molecule has 0 bridgehead atoms. The number of carbonyl (C=O) groups is 2. The minimum Gasteiger partial charge on any atom is -0.369 e. The molecule has 1 aliphatic heterocycles. The van der Waals surface area contributed by atoms with Crippen molar-refractivity contribution in [2.75, 3.05) is 26.2 Å². The molecule has 2 heterocycles. The highest BCUT2D eigenvalue weighted by molar-refractivity contribution is 5.78. The third-order valence-corrected chi connectivity index (χ3v) is 5.14. The average molecular weight is 357 g/mol. The van der Waals surface area contributed by atoms with Gasteiger partial charge >= 0.3 is 0 Å². The topological polar surface area (TPSA) is 93.3 Å². The van der Waals surface area contributed by atoms with E-state index in [1.807, 2.05) is 25.2 Å². The van der Waals surface area contributed by atoms with Crippen molar-refractivity contribution in [3.8, 4) is 0 Å². The van der Waals surface area contributed by atoms with E-state index in [1.54, 1.807) is 0 Å². The van der Waals surface area contributed by atoms with E-state index < -0.39 is 0 Å². The molecule has 1 aliphatic rings. The van der Waals surface area contributed by atoms with E-state index in [4.69, 9.17) is 5.73 Å². The molecular formula is C19H27N5O2. The van der Waals surface area contributed by atoms with Crippen LogP contribution in [0.25, 0.3) is 11.0 Å². The van der Waals surface area contributed by atoms with Crippen LogP contribution in [0.3, 0.4) is 0 Å². The number of nitrogens with one attached hydrogen (secondary N) is 1. The molecule has 140 valence electrons. The Morgan fingerprint density at radius 1 is 1.27 bits per heavy atom. The molecule has 0 saturated carbocycles. The van der Waals surface area contributed by atoms with Crippen LogP contribution in [0.4, 0.5) is 0 Å². The maximum Gasteiger partial charge on any atom is 0.234 e. The van der Waals surface area contributed by atoms with Gasteiger partial charge in [-0.2, -0.15) is 0 Å². The summed E-state index contributed by atoms with van der Waals surface area (Å²) in [5.74, 6) is 0.806. The Labute approximate surface area is 153 Å². The first-order valence-corrected chi connectivity index (χ1v) is 9.23. The van der Waals surface area contributed by atoms with Gasteiger partial charge in [0.15, 0.2) is 0 Å². The monoisotopic (exact) mass is 357 g/mol. The first-order valence-electron chi connectivity index (χ1n) is 9.23. The number of benzene rings is 1. The summed E-state index contributed by atoms with van der Waals surface area (Å²) < 4.78 is 2.11. The van der Waals surface area contributed by atoms with Gasteiger partial charge in [-0.15, -0.1) is 0 Å². The minimum absolute atomic E-state index is 0.0347. The van der Waals surface area contributed by atoms with Crippen LogP contribution < -0.4 is 11.1 Å². The maximum absolute atomic E-state index is 12.1. The van der Waals surface area contributed by atoms with E-state index >= 15 is 0 Å². The largest absolute Gasteiger partial charge is 0.369 e. The Morgan fingerprint density at radius 3 is 2.69 bits per heavy atom. The zero-order valence-corrected chi connectivity index (χ0v) is 15.3. The lowest BCUT2D eigenvalue weighted by molar-refractivity contribution is -0.124. The predicted molar refractivity (Wildman–Crippen MR) is 100 cm³/mol. The number of hydrogen-bond acceptors (Lipinski definition) is 4. The first-order chi connectivity index (χ1) is 12.5. The molecule has 1 fully saturated rings. The maximum atomic E-state index is 12.1. The molecule has 2 amide bonds. The van der Waals surface area contributed by atoms with Gasteiger partial charge in [-0.05, 0) is 44.5 Å². The summed E-state index contributed by atoms with van der Waals surface area (Å²) in [6.07, 6.45) is 3.17. The van der Waals surface area contributed by atoms with Crippen molar-refractivity contribution in [2.24, 2.45) is 18.7 Å². The van der Waals surface area contributed by atoms with Crippen molar-refractivity contribution in [2.45, 2.75) is 25.7 Å². The molecule has 2 aromatic rings. The molecule has 7 heteroatoms. The van der Waals surface area contributed by atoms with E-state index in [0.717, 1.165) is 55.6 Å². The summed E-state index contributed by atoms with van der Waals surface area (Å²) in [4.78, 5) is 30.0. The highest BCUT2D eigenvalue weighted by Crippen LogP contribution is 2.16. The van der Waals surface area contributed by atoms with Gasteiger partial charge in [0, 0.05) is 25.9 Å². The molecular weight excluding hydrogens is 330 g/mol. The molecule has 1 aromatic carbocycles. The Kier molecular flexibility index (Phi) is 5.88. The zero-order valence-electron chi connectivity index (χ0n) is 15.3. The quantitative estimate of drug-likeness (QED) is 0.718. The fourth-order valence-corrected chi connectivity index (χ4v) is 3.53. The molecule has 3 rings (SSSR count). The van der Waals surface area contributed by atoms with Crippen LogP contribution in [0.15, 0.2) is 24.3 Å². The van der Waals surface area contributed by atoms with Crippen molar-refractivity contribution in [3.05, 3.63) is 30.1 Å². The minimum atomic E-state index is -0.226. The van der Waals surface area contributed by atoms with Crippen LogP contribution in [0, 0.1) is 5.92 Å². The Morgan fingerprint density at radius 2 is 2.00 bits per heavy atom. The van der Waals surface area contributed by atoms with Crippen molar-refractivity contribution in [3.63, 3.8) is 0 Å². The van der Waals surface area contributed by atoms with Gasteiger partial charge in [-0.3, -0.25) is 14.5 Å². The van der Waals surface area contributed by atoms with Crippen LogP contribution in [-0.2, 0) is 23.1 Å². The standard InChI is InChI=1S/C19H27N5O2/c1-23-16-6-3-2-5-15(16)22-17(23)7-4-10-21-18(25)13-24-11-8-14(9-12-24)19(20)26/h2-3,5-6,14H,4,7-13H2,1H3,(H2,20,26)(H,21,25). The highest BCUT2D eigenvalue weighted by Gasteiger charge is 2.23. The normalized spacial score (nSPS) is 16.0. The number of primary amides is 1. The number of amides is 2. The number of carbonyl (C=O) groups excluding carboxylic acids is 2. The van der Waals surface area contributed by atoms with Gasteiger partial charge in [-0.1, -0.05) is 12.1 Å². The molecule has 0 radical (unpaired) electrons. The molecule has 0 atom stereocenters. The number of aromatic nitrogens is 2. The molecule has 26 heavy (non-hydrogen) atoms.